The van der Waals surface area contributed by atoms with Crippen LogP contribution in [0.1, 0.15) is 49.4 Å². The summed E-state index contributed by atoms with van der Waals surface area (Å²) in [6.45, 7) is 1.30. The van der Waals surface area contributed by atoms with Crippen LogP contribution in [0.2, 0.25) is 0 Å². The number of aromatic nitrogens is 2. The molecule has 0 radical (unpaired) electrons. The molecule has 1 aromatic heterocycles. The largest absolute Gasteiger partial charge is 0.381 e. The number of aldehydes is 1. The zero-order chi connectivity index (χ0) is 24.8. The van der Waals surface area contributed by atoms with Gasteiger partial charge in [-0.3, -0.25) is 14.2 Å². The molecule has 1 fully saturated rings. The van der Waals surface area contributed by atoms with E-state index >= 15 is 0 Å². The molecule has 7 nitrogen and oxygen atoms in total. The Morgan fingerprint density at radius 3 is 2.50 bits per heavy atom. The number of hydrogen-bond acceptors (Lipinski definition) is 6. The lowest BCUT2D eigenvalue weighted by molar-refractivity contribution is -0.104. The van der Waals surface area contributed by atoms with Crippen LogP contribution in [0.3, 0.4) is 0 Å². The van der Waals surface area contributed by atoms with E-state index in [-0.39, 0.29) is 11.6 Å². The van der Waals surface area contributed by atoms with E-state index in [1.807, 2.05) is 50.3 Å². The van der Waals surface area contributed by atoms with E-state index in [0.29, 0.717) is 37.2 Å². The maximum absolute atomic E-state index is 13.4. The summed E-state index contributed by atoms with van der Waals surface area (Å²) in [4.78, 5) is 30.4. The van der Waals surface area contributed by atoms with Crippen LogP contribution in [0.4, 0.5) is 0 Å². The van der Waals surface area contributed by atoms with E-state index in [9.17, 15) is 9.59 Å². The number of ether oxygens (including phenoxy) is 1. The molecule has 0 amide bonds. The molecule has 7 heteroatoms. The van der Waals surface area contributed by atoms with Gasteiger partial charge in [-0.15, -0.1) is 0 Å². The highest BCUT2D eigenvalue weighted by Crippen LogP contribution is 2.22. The van der Waals surface area contributed by atoms with Crippen molar-refractivity contribution in [3.8, 4) is 0 Å². The molecule has 3 rings (SSSR count). The fourth-order valence-electron chi connectivity index (χ4n) is 3.57. The van der Waals surface area contributed by atoms with Crippen LogP contribution in [-0.2, 0) is 9.53 Å². The SMILES string of the molecule is CN(C)C.N=C/C(=C\C=C\C=O)CC1=C/c2c(ncn(C3CCOCC3)c2=O)/C=C/CC\C=C\1. The van der Waals surface area contributed by atoms with Gasteiger partial charge < -0.3 is 15.0 Å². The number of nitrogens with zero attached hydrogens (tertiary/aromatic N) is 3. The molecular formula is C27H36N4O3. The molecule has 182 valence electrons. The van der Waals surface area contributed by atoms with Gasteiger partial charge in [-0.05, 0) is 82.6 Å². The van der Waals surface area contributed by atoms with Gasteiger partial charge in [0.05, 0.1) is 17.6 Å². The smallest absolute Gasteiger partial charge is 0.261 e. The minimum atomic E-state index is -0.0516. The third kappa shape index (κ3) is 9.00. The van der Waals surface area contributed by atoms with Crippen LogP contribution in [0.5, 0.6) is 0 Å². The highest BCUT2D eigenvalue weighted by atomic mass is 16.5. The lowest BCUT2D eigenvalue weighted by Gasteiger charge is -2.24. The van der Waals surface area contributed by atoms with Crippen molar-refractivity contribution in [2.45, 2.75) is 38.1 Å². The topological polar surface area (TPSA) is 88.3 Å². The van der Waals surface area contributed by atoms with Gasteiger partial charge in [-0.1, -0.05) is 30.4 Å². The van der Waals surface area contributed by atoms with Crippen LogP contribution in [-0.4, -0.2) is 61.3 Å². The number of rotatable bonds is 6. The Hall–Kier alpha value is -3.16. The van der Waals surface area contributed by atoms with Gasteiger partial charge in [-0.25, -0.2) is 4.98 Å². The Kier molecular flexibility index (Phi) is 11.9. The Morgan fingerprint density at radius 2 is 1.85 bits per heavy atom. The van der Waals surface area contributed by atoms with Gasteiger partial charge in [0.2, 0.25) is 0 Å². The first-order chi connectivity index (χ1) is 16.5. The number of fused-ring (bicyclic) bond motifs is 1. The van der Waals surface area contributed by atoms with E-state index in [4.69, 9.17) is 10.1 Å². The van der Waals surface area contributed by atoms with Crippen molar-refractivity contribution < 1.29 is 9.53 Å². The minimum absolute atomic E-state index is 0.0516. The summed E-state index contributed by atoms with van der Waals surface area (Å²) in [5.74, 6) is 0. The molecule has 0 bridgehead atoms. The molecule has 34 heavy (non-hydrogen) atoms. The van der Waals surface area contributed by atoms with Crippen molar-refractivity contribution in [3.05, 3.63) is 75.5 Å². The summed E-state index contributed by atoms with van der Waals surface area (Å²) in [6.07, 6.45) is 22.1. The molecule has 0 aromatic carbocycles. The zero-order valence-corrected chi connectivity index (χ0v) is 20.4. The van der Waals surface area contributed by atoms with Crippen LogP contribution in [0.25, 0.3) is 12.2 Å². The van der Waals surface area contributed by atoms with Crippen molar-refractivity contribution >= 4 is 24.7 Å². The number of carbonyl (C=O) groups excluding carboxylic acids is 1. The summed E-state index contributed by atoms with van der Waals surface area (Å²) in [6, 6.07) is 0.0985. The summed E-state index contributed by atoms with van der Waals surface area (Å²) in [7, 11) is 6.00. The molecule has 0 saturated carbocycles. The third-order valence-corrected chi connectivity index (χ3v) is 5.18. The van der Waals surface area contributed by atoms with Gasteiger partial charge in [-0.2, -0.15) is 0 Å². The Morgan fingerprint density at radius 1 is 1.18 bits per heavy atom. The summed E-state index contributed by atoms with van der Waals surface area (Å²) >= 11 is 0. The van der Waals surface area contributed by atoms with E-state index in [1.165, 1.54) is 12.3 Å². The van der Waals surface area contributed by atoms with Gasteiger partial charge in [0.1, 0.15) is 6.29 Å². The molecule has 1 aliphatic heterocycles. The molecule has 2 aliphatic rings. The van der Waals surface area contributed by atoms with E-state index < -0.39 is 0 Å². The molecule has 0 spiro atoms. The lowest BCUT2D eigenvalue weighted by atomic mass is 10.00. The average molecular weight is 465 g/mol. The number of carbonyl (C=O) groups is 1. The molecule has 1 aliphatic carbocycles. The monoisotopic (exact) mass is 464 g/mol. The molecule has 0 atom stereocenters. The predicted molar refractivity (Wildman–Crippen MR) is 139 cm³/mol. The quantitative estimate of drug-likeness (QED) is 0.294. The first kappa shape index (κ1) is 27.1. The van der Waals surface area contributed by atoms with Crippen molar-refractivity contribution in [1.29, 1.82) is 5.41 Å². The Bertz CT molecular complexity index is 1020. The van der Waals surface area contributed by atoms with Crippen LogP contribution in [0, 0.1) is 5.41 Å². The highest BCUT2D eigenvalue weighted by molar-refractivity contribution is 5.79. The average Bonchev–Trinajstić information content (AvgIpc) is 2.82. The minimum Gasteiger partial charge on any atom is -0.381 e. The van der Waals surface area contributed by atoms with Crippen molar-refractivity contribution in [2.75, 3.05) is 34.4 Å². The third-order valence-electron chi connectivity index (χ3n) is 5.18. The molecular weight excluding hydrogens is 428 g/mol. The van der Waals surface area contributed by atoms with Crippen LogP contribution < -0.4 is 5.56 Å². The maximum atomic E-state index is 13.4. The number of nitrogens with one attached hydrogen (secondary N) is 1. The zero-order valence-electron chi connectivity index (χ0n) is 20.4. The summed E-state index contributed by atoms with van der Waals surface area (Å²) in [5.41, 5.74) is 2.84. The lowest BCUT2D eigenvalue weighted by Crippen LogP contribution is -2.31. The molecule has 0 unspecified atom stereocenters. The standard InChI is InChI=1S/C24H27N3O3.C3H9N/c25-17-20(8-5-6-12-28)15-19-7-3-1-2-4-9-23-22(16-19)24(29)27(18-26-23)21-10-13-30-14-11-21;1-4(2)3/h3-9,12,16-18,21,25H,1-2,10-11,13-15H2;1-3H3/b6-5+,7-3+,9-4+,19-16+,20-8-,25-17?;. The Labute approximate surface area is 202 Å². The van der Waals surface area contributed by atoms with E-state index in [2.05, 4.69) is 11.1 Å². The van der Waals surface area contributed by atoms with Crippen LogP contribution >= 0.6 is 0 Å². The summed E-state index contributed by atoms with van der Waals surface area (Å²) < 4.78 is 7.17. The molecule has 1 saturated heterocycles. The number of hydrogen-bond donors (Lipinski definition) is 1. The predicted octanol–water partition coefficient (Wildman–Crippen LogP) is 4.24. The highest BCUT2D eigenvalue weighted by Gasteiger charge is 2.19. The van der Waals surface area contributed by atoms with Crippen LogP contribution in [0.15, 0.2) is 58.7 Å². The van der Waals surface area contributed by atoms with Crippen molar-refractivity contribution in [2.24, 2.45) is 0 Å². The molecule has 1 N–H and O–H groups in total. The van der Waals surface area contributed by atoms with Gasteiger partial charge in [0.15, 0.2) is 0 Å². The van der Waals surface area contributed by atoms with Gasteiger partial charge in [0, 0.05) is 25.5 Å². The van der Waals surface area contributed by atoms with E-state index in [0.717, 1.165) is 36.8 Å². The second-order valence-corrected chi connectivity index (χ2v) is 8.63. The van der Waals surface area contributed by atoms with Gasteiger partial charge in [0.25, 0.3) is 5.56 Å². The fraction of sp³-hybridized carbons (Fsp3) is 0.407. The normalized spacial score (nSPS) is 20.5. The second kappa shape index (κ2) is 14.9. The molecule has 2 heterocycles. The molecule has 1 aromatic rings. The van der Waals surface area contributed by atoms with Crippen molar-refractivity contribution in [1.82, 2.24) is 14.5 Å². The first-order valence-electron chi connectivity index (χ1n) is 11.6. The fourth-order valence-corrected chi connectivity index (χ4v) is 3.57. The maximum Gasteiger partial charge on any atom is 0.261 e. The first-order valence-corrected chi connectivity index (χ1v) is 11.6. The van der Waals surface area contributed by atoms with Crippen molar-refractivity contribution in [3.63, 3.8) is 0 Å². The Balaban J connectivity index is 0.000000945. The second-order valence-electron chi connectivity index (χ2n) is 8.63. The van der Waals surface area contributed by atoms with Gasteiger partial charge >= 0.3 is 0 Å². The number of allylic oxidation sites excluding steroid dienone is 8. The summed E-state index contributed by atoms with van der Waals surface area (Å²) in [5, 5.41) is 7.68. The van der Waals surface area contributed by atoms with E-state index in [1.54, 1.807) is 23.0 Å².